The summed E-state index contributed by atoms with van der Waals surface area (Å²) in [4.78, 5) is 0. The molecule has 1 aliphatic rings. The van der Waals surface area contributed by atoms with Crippen molar-refractivity contribution in [3.63, 3.8) is 0 Å². The lowest BCUT2D eigenvalue weighted by Gasteiger charge is -2.25. The molecule has 5 heterocycles. The van der Waals surface area contributed by atoms with Gasteiger partial charge in [0.15, 0.2) is 7.28 Å². The Bertz CT molecular complexity index is 3940. The van der Waals surface area contributed by atoms with Crippen LogP contribution in [0.2, 0.25) is 0 Å². The molecule has 4 aromatic heterocycles. The summed E-state index contributed by atoms with van der Waals surface area (Å²) in [6.07, 6.45) is 0. The van der Waals surface area contributed by atoms with Crippen molar-refractivity contribution in [3.05, 3.63) is 150 Å². The molecular formula is C57H44BN2O3. The van der Waals surface area contributed by atoms with E-state index < -0.39 is 0 Å². The average molecular weight is 816 g/mol. The highest BCUT2D eigenvalue weighted by Gasteiger charge is 2.30. The number of aryl methyl sites for hydroxylation is 1. The minimum absolute atomic E-state index is 0.00591. The third kappa shape index (κ3) is 5.30. The van der Waals surface area contributed by atoms with Crippen molar-refractivity contribution < 1.29 is 13.3 Å². The van der Waals surface area contributed by atoms with Gasteiger partial charge in [-0.1, -0.05) is 114 Å². The number of hydrogen-bond donors (Lipinski definition) is 1. The predicted octanol–water partition coefficient (Wildman–Crippen LogP) is 14.8. The molecule has 0 unspecified atom stereocenters. The van der Waals surface area contributed by atoms with Crippen LogP contribution in [0.5, 0.6) is 0 Å². The molecule has 63 heavy (non-hydrogen) atoms. The van der Waals surface area contributed by atoms with E-state index in [1.165, 1.54) is 33.0 Å². The minimum atomic E-state index is -0.00591. The maximum absolute atomic E-state index is 6.82. The molecular weight excluding hydrogens is 771 g/mol. The van der Waals surface area contributed by atoms with Crippen molar-refractivity contribution in [1.29, 1.82) is 0 Å². The Kier molecular flexibility index (Phi) is 7.22. The van der Waals surface area contributed by atoms with Gasteiger partial charge in [0, 0.05) is 71.2 Å². The van der Waals surface area contributed by atoms with Gasteiger partial charge in [-0.05, 0) is 112 Å². The first-order chi connectivity index (χ1) is 30.4. The van der Waals surface area contributed by atoms with E-state index in [4.69, 9.17) is 13.3 Å². The van der Waals surface area contributed by atoms with Crippen molar-refractivity contribution in [2.75, 3.05) is 5.32 Å². The van der Waals surface area contributed by atoms with Crippen molar-refractivity contribution in [3.8, 4) is 16.8 Å². The Morgan fingerprint density at radius 2 is 1.08 bits per heavy atom. The average Bonchev–Trinajstić information content (AvgIpc) is 4.01. The molecule has 0 spiro atoms. The van der Waals surface area contributed by atoms with Crippen LogP contribution >= 0.6 is 0 Å². The fraction of sp³-hybridized carbons (Fsp3) is 0.158. The van der Waals surface area contributed by atoms with Gasteiger partial charge in [0.25, 0.3) is 0 Å². The van der Waals surface area contributed by atoms with Gasteiger partial charge in [0.2, 0.25) is 0 Å². The first-order valence-corrected chi connectivity index (χ1v) is 22.0. The smallest absolute Gasteiger partial charge is 0.198 e. The number of furan rings is 3. The van der Waals surface area contributed by atoms with E-state index in [2.05, 4.69) is 187 Å². The summed E-state index contributed by atoms with van der Waals surface area (Å²) in [5, 5.41) is 12.9. The number of aromatic nitrogens is 1. The zero-order valence-electron chi connectivity index (χ0n) is 36.5. The van der Waals surface area contributed by atoms with Gasteiger partial charge in [-0.25, -0.2) is 0 Å². The molecule has 0 amide bonds. The number of hydrogen-bond acceptors (Lipinski definition) is 4. The Labute approximate surface area is 365 Å². The molecule has 1 N–H and O–H groups in total. The van der Waals surface area contributed by atoms with Crippen LogP contribution < -0.4 is 16.2 Å². The van der Waals surface area contributed by atoms with E-state index in [0.29, 0.717) is 0 Å². The van der Waals surface area contributed by atoms with Gasteiger partial charge in [-0.3, -0.25) is 0 Å². The number of rotatable bonds is 3. The lowest BCUT2D eigenvalue weighted by molar-refractivity contribution is 0.587. The Balaban J connectivity index is 1.12. The molecule has 13 rings (SSSR count). The number of nitrogens with zero attached hydrogens (tertiary/aromatic N) is 1. The molecule has 0 saturated carbocycles. The molecule has 8 aromatic carbocycles. The van der Waals surface area contributed by atoms with Crippen LogP contribution in [0, 0.1) is 6.92 Å². The maximum atomic E-state index is 6.82. The van der Waals surface area contributed by atoms with E-state index in [0.717, 1.165) is 110 Å². The SMILES string of the molecule is Cc1cc(-c2cc3oc4cc(C(C)(C)C)ccc4c3cc2Nc2ccc(C(C)(C)C)cc2)c2c3c1c1cc4oc5ccccc5c4cc1n3-c1cc3c(cc1[B]2)oc1ccccc13. The lowest BCUT2D eigenvalue weighted by Crippen LogP contribution is -2.37. The fourth-order valence-electron chi connectivity index (χ4n) is 10.3. The molecule has 0 bridgehead atoms. The van der Waals surface area contributed by atoms with Crippen LogP contribution in [0.4, 0.5) is 11.4 Å². The standard InChI is InChI=1S/C57H44BN2O3/c1-30-22-41(37-27-50-38(36-21-18-32(57(5,6)7)23-49(36)63-50)24-44(37)59-33-19-16-31(17-20-33)56(2,3)4)54-55-53(30)42-28-51-39(34-12-8-10-14-47(34)61-51)25-45(42)60(55)46-26-40-35-13-9-11-15-48(35)62-52(40)29-43(46)58-54/h8-29,59H,1-7H3. The summed E-state index contributed by atoms with van der Waals surface area (Å²) < 4.78 is 22.4. The summed E-state index contributed by atoms with van der Waals surface area (Å²) in [6, 6.07) is 48.3. The highest BCUT2D eigenvalue weighted by atomic mass is 16.3. The van der Waals surface area contributed by atoms with Crippen LogP contribution in [-0.4, -0.2) is 11.8 Å². The summed E-state index contributed by atoms with van der Waals surface area (Å²) >= 11 is 0. The first kappa shape index (κ1) is 36.5. The highest BCUT2D eigenvalue weighted by molar-refractivity contribution is 6.74. The number of nitrogens with one attached hydrogen (secondary N) is 1. The zero-order valence-corrected chi connectivity index (χ0v) is 36.5. The van der Waals surface area contributed by atoms with Gasteiger partial charge in [0.1, 0.15) is 33.5 Å². The summed E-state index contributed by atoms with van der Waals surface area (Å²) in [7, 11) is 2.37. The Morgan fingerprint density at radius 1 is 0.492 bits per heavy atom. The number of benzene rings is 8. The van der Waals surface area contributed by atoms with Crippen molar-refractivity contribution >= 4 is 117 Å². The summed E-state index contributed by atoms with van der Waals surface area (Å²) in [5.41, 5.74) is 19.0. The lowest BCUT2D eigenvalue weighted by atomic mass is 9.58. The third-order valence-corrected chi connectivity index (χ3v) is 13.6. The predicted molar refractivity (Wildman–Crippen MR) is 265 cm³/mol. The zero-order chi connectivity index (χ0) is 42.7. The molecule has 0 atom stereocenters. The molecule has 0 aliphatic carbocycles. The third-order valence-electron chi connectivity index (χ3n) is 13.6. The molecule has 1 aliphatic heterocycles. The summed E-state index contributed by atoms with van der Waals surface area (Å²) in [5.74, 6) is 0. The minimum Gasteiger partial charge on any atom is -0.456 e. The summed E-state index contributed by atoms with van der Waals surface area (Å²) in [6.45, 7) is 15.8. The second-order valence-electron chi connectivity index (χ2n) is 19.7. The number of anilines is 2. The second kappa shape index (κ2) is 12.5. The molecule has 0 fully saturated rings. The largest absolute Gasteiger partial charge is 0.456 e. The van der Waals surface area contributed by atoms with Gasteiger partial charge >= 0.3 is 0 Å². The Morgan fingerprint density at radius 3 is 1.79 bits per heavy atom. The van der Waals surface area contributed by atoms with Crippen LogP contribution in [0.3, 0.4) is 0 Å². The van der Waals surface area contributed by atoms with Crippen LogP contribution in [-0.2, 0) is 10.8 Å². The van der Waals surface area contributed by atoms with E-state index in [1.54, 1.807) is 0 Å². The topological polar surface area (TPSA) is 56.4 Å². The normalized spacial score (nSPS) is 13.1. The maximum Gasteiger partial charge on any atom is 0.198 e. The monoisotopic (exact) mass is 815 g/mol. The number of para-hydroxylation sites is 2. The molecule has 0 saturated heterocycles. The van der Waals surface area contributed by atoms with E-state index in [9.17, 15) is 0 Å². The molecule has 6 heteroatoms. The number of fused-ring (bicyclic) bond motifs is 14. The van der Waals surface area contributed by atoms with E-state index in [-0.39, 0.29) is 10.8 Å². The van der Waals surface area contributed by atoms with Crippen molar-refractivity contribution in [1.82, 2.24) is 4.57 Å². The van der Waals surface area contributed by atoms with Gasteiger partial charge < -0.3 is 23.1 Å². The van der Waals surface area contributed by atoms with Gasteiger partial charge in [0.05, 0.1) is 5.52 Å². The first-order valence-electron chi connectivity index (χ1n) is 22.0. The molecule has 303 valence electrons. The van der Waals surface area contributed by atoms with Gasteiger partial charge in [-0.2, -0.15) is 0 Å². The highest BCUT2D eigenvalue weighted by Crippen LogP contribution is 2.45. The molecule has 5 nitrogen and oxygen atoms in total. The van der Waals surface area contributed by atoms with E-state index in [1.807, 2.05) is 12.1 Å². The second-order valence-corrected chi connectivity index (χ2v) is 19.7. The van der Waals surface area contributed by atoms with Crippen LogP contribution in [0.1, 0.15) is 58.2 Å². The van der Waals surface area contributed by atoms with Crippen molar-refractivity contribution in [2.45, 2.75) is 59.3 Å². The quantitative estimate of drug-likeness (QED) is 0.181. The fourth-order valence-corrected chi connectivity index (χ4v) is 10.3. The van der Waals surface area contributed by atoms with Crippen molar-refractivity contribution in [2.24, 2.45) is 0 Å². The molecule has 1 radical (unpaired) electrons. The van der Waals surface area contributed by atoms with Gasteiger partial charge in [-0.15, -0.1) is 0 Å². The van der Waals surface area contributed by atoms with E-state index >= 15 is 0 Å². The molecule has 12 aromatic rings. The van der Waals surface area contributed by atoms with Crippen LogP contribution in [0.15, 0.2) is 147 Å². The van der Waals surface area contributed by atoms with Crippen LogP contribution in [0.25, 0.3) is 104 Å². The Hall–Kier alpha value is -7.18.